The first-order chi connectivity index (χ1) is 14.7. The lowest BCUT2D eigenvalue weighted by atomic mass is 10.0. The molecular formula is C20H32N4O4S3. The molecule has 3 N–H and O–H groups in total. The number of nitrogens with zero attached hydrogens (tertiary/aromatic N) is 2. The third-order valence-electron chi connectivity index (χ3n) is 5.04. The maximum Gasteiger partial charge on any atom is 0.263 e. The summed E-state index contributed by atoms with van der Waals surface area (Å²) < 4.78 is 51.5. The van der Waals surface area contributed by atoms with Crippen molar-refractivity contribution in [2.45, 2.75) is 87.3 Å². The van der Waals surface area contributed by atoms with E-state index in [4.69, 9.17) is 5.14 Å². The van der Waals surface area contributed by atoms with Crippen molar-refractivity contribution in [2.24, 2.45) is 5.14 Å². The zero-order valence-corrected chi connectivity index (χ0v) is 20.4. The molecule has 2 rings (SSSR count). The van der Waals surface area contributed by atoms with Gasteiger partial charge in [0.2, 0.25) is 15.2 Å². The van der Waals surface area contributed by atoms with E-state index in [2.05, 4.69) is 21.8 Å². The van der Waals surface area contributed by atoms with Crippen LogP contribution in [0.25, 0.3) is 0 Å². The molecule has 1 aromatic heterocycles. The van der Waals surface area contributed by atoms with Crippen molar-refractivity contribution in [2.75, 3.05) is 4.72 Å². The van der Waals surface area contributed by atoms with Gasteiger partial charge in [0, 0.05) is 0 Å². The number of sulfonamides is 2. The zero-order valence-electron chi connectivity index (χ0n) is 17.9. The summed E-state index contributed by atoms with van der Waals surface area (Å²) in [7, 11) is -8.05. The first kappa shape index (κ1) is 25.7. The van der Waals surface area contributed by atoms with Crippen LogP contribution in [0.15, 0.2) is 33.5 Å². The average molecular weight is 489 g/mol. The Hall–Kier alpha value is -1.56. The number of primary sulfonamides is 1. The Labute approximate surface area is 189 Å². The number of benzene rings is 1. The molecule has 0 aliphatic carbocycles. The molecule has 0 amide bonds. The fraction of sp³-hybridized carbons (Fsp3) is 0.600. The van der Waals surface area contributed by atoms with Gasteiger partial charge in [-0.25, -0.2) is 22.0 Å². The summed E-state index contributed by atoms with van der Waals surface area (Å²) in [6.07, 6.45) is 12.3. The van der Waals surface area contributed by atoms with Crippen molar-refractivity contribution < 1.29 is 16.8 Å². The summed E-state index contributed by atoms with van der Waals surface area (Å²) in [5.41, 5.74) is 1.93. The number of anilines is 1. The summed E-state index contributed by atoms with van der Waals surface area (Å²) >= 11 is 1.03. The summed E-state index contributed by atoms with van der Waals surface area (Å²) in [5, 5.41) is 12.7. The van der Waals surface area contributed by atoms with Gasteiger partial charge in [0.25, 0.3) is 10.0 Å². The number of nitrogens with one attached hydrogen (secondary N) is 1. The minimum atomic E-state index is -4.06. The van der Waals surface area contributed by atoms with Crippen LogP contribution in [0.2, 0.25) is 0 Å². The molecule has 31 heavy (non-hydrogen) atoms. The molecule has 2 aromatic rings. The van der Waals surface area contributed by atoms with Crippen molar-refractivity contribution in [3.63, 3.8) is 0 Å². The number of hydrogen-bond donors (Lipinski definition) is 2. The topological polar surface area (TPSA) is 132 Å². The second-order valence-electron chi connectivity index (χ2n) is 7.60. The fourth-order valence-electron chi connectivity index (χ4n) is 3.37. The van der Waals surface area contributed by atoms with E-state index in [0.717, 1.165) is 36.7 Å². The molecule has 0 bridgehead atoms. The maximum atomic E-state index is 12.5. The molecule has 11 heteroatoms. The van der Waals surface area contributed by atoms with Gasteiger partial charge in [0.15, 0.2) is 0 Å². The number of hydrogen-bond acceptors (Lipinski definition) is 7. The Morgan fingerprint density at radius 1 is 0.935 bits per heavy atom. The van der Waals surface area contributed by atoms with E-state index >= 15 is 0 Å². The lowest BCUT2D eigenvalue weighted by molar-refractivity contribution is 0.555. The van der Waals surface area contributed by atoms with E-state index in [0.29, 0.717) is 12.0 Å². The van der Waals surface area contributed by atoms with Gasteiger partial charge in [0.1, 0.15) is 5.51 Å². The minimum absolute atomic E-state index is 0.103. The number of nitrogens with two attached hydrogens (primary N) is 1. The molecule has 0 saturated carbocycles. The largest absolute Gasteiger partial charge is 0.263 e. The number of aryl methyl sites for hydroxylation is 1. The standard InChI is InChI=1S/C20H32N4O4S3/c1-2-3-4-5-6-7-8-9-10-11-12-17-13-14-18(15-19(17)30(21,25)26)31(27,28)24-20-23-22-16-29-20/h13-16H,2-12H2,1H3,(H,23,24)(H2,21,25,26). The van der Waals surface area contributed by atoms with E-state index in [1.807, 2.05) is 0 Å². The molecule has 1 heterocycles. The van der Waals surface area contributed by atoms with E-state index in [9.17, 15) is 16.8 Å². The van der Waals surface area contributed by atoms with Gasteiger partial charge in [-0.05, 0) is 30.5 Å². The van der Waals surface area contributed by atoms with Crippen LogP contribution < -0.4 is 9.86 Å². The van der Waals surface area contributed by atoms with Gasteiger partial charge in [0.05, 0.1) is 9.79 Å². The Morgan fingerprint density at radius 2 is 1.55 bits per heavy atom. The lowest BCUT2D eigenvalue weighted by Gasteiger charge is -2.11. The van der Waals surface area contributed by atoms with Crippen LogP contribution in [0, 0.1) is 0 Å². The van der Waals surface area contributed by atoms with Crippen LogP contribution in [0.4, 0.5) is 5.13 Å². The van der Waals surface area contributed by atoms with E-state index < -0.39 is 20.0 Å². The average Bonchev–Trinajstić information content (AvgIpc) is 3.21. The molecular weight excluding hydrogens is 456 g/mol. The van der Waals surface area contributed by atoms with Gasteiger partial charge in [-0.1, -0.05) is 82.1 Å². The van der Waals surface area contributed by atoms with Gasteiger partial charge in [-0.2, -0.15) is 0 Å². The van der Waals surface area contributed by atoms with Crippen LogP contribution >= 0.6 is 11.3 Å². The highest BCUT2D eigenvalue weighted by atomic mass is 32.2. The number of unbranched alkanes of at least 4 members (excludes halogenated alkanes) is 9. The number of rotatable bonds is 15. The highest BCUT2D eigenvalue weighted by molar-refractivity contribution is 7.93. The lowest BCUT2D eigenvalue weighted by Crippen LogP contribution is -2.18. The van der Waals surface area contributed by atoms with Crippen LogP contribution in [0.5, 0.6) is 0 Å². The molecule has 0 radical (unpaired) electrons. The Bertz CT molecular complexity index is 1010. The predicted octanol–water partition coefficient (Wildman–Crippen LogP) is 4.45. The molecule has 174 valence electrons. The molecule has 0 aliphatic rings. The normalized spacial score (nSPS) is 12.2. The Balaban J connectivity index is 1.92. The molecule has 8 nitrogen and oxygen atoms in total. The van der Waals surface area contributed by atoms with Crippen molar-refractivity contribution in [1.82, 2.24) is 10.2 Å². The maximum absolute atomic E-state index is 12.5. The van der Waals surface area contributed by atoms with E-state index in [1.165, 1.54) is 62.6 Å². The van der Waals surface area contributed by atoms with Crippen molar-refractivity contribution >= 4 is 36.5 Å². The molecule has 0 spiro atoms. The Kier molecular flexibility index (Phi) is 10.3. The molecule has 0 aliphatic heterocycles. The van der Waals surface area contributed by atoms with E-state index in [-0.39, 0.29) is 14.9 Å². The first-order valence-corrected chi connectivity index (χ1v) is 14.6. The van der Waals surface area contributed by atoms with Crippen molar-refractivity contribution in [3.8, 4) is 0 Å². The zero-order chi connectivity index (χ0) is 22.7. The molecule has 0 fully saturated rings. The predicted molar refractivity (Wildman–Crippen MR) is 124 cm³/mol. The molecule has 0 saturated heterocycles. The molecule has 1 aromatic carbocycles. The SMILES string of the molecule is CCCCCCCCCCCCc1ccc(S(=O)(=O)Nc2nncs2)cc1S(N)(=O)=O. The highest BCUT2D eigenvalue weighted by Gasteiger charge is 2.21. The summed E-state index contributed by atoms with van der Waals surface area (Å²) in [6.45, 7) is 2.21. The second-order valence-corrected chi connectivity index (χ2v) is 11.6. The highest BCUT2D eigenvalue weighted by Crippen LogP contribution is 2.24. The van der Waals surface area contributed by atoms with E-state index in [1.54, 1.807) is 0 Å². The van der Waals surface area contributed by atoms with Gasteiger partial charge < -0.3 is 0 Å². The monoisotopic (exact) mass is 488 g/mol. The molecule has 0 unspecified atom stereocenters. The van der Waals surface area contributed by atoms with Gasteiger partial charge in [-0.3, -0.25) is 4.72 Å². The van der Waals surface area contributed by atoms with Gasteiger partial charge in [-0.15, -0.1) is 10.2 Å². The number of aromatic nitrogens is 2. The first-order valence-electron chi connectivity index (χ1n) is 10.7. The Morgan fingerprint density at radius 3 is 2.10 bits per heavy atom. The second kappa shape index (κ2) is 12.5. The quantitative estimate of drug-likeness (QED) is 0.356. The molecule has 0 atom stereocenters. The summed E-state index contributed by atoms with van der Waals surface area (Å²) in [6, 6.07) is 4.04. The van der Waals surface area contributed by atoms with Crippen molar-refractivity contribution in [1.29, 1.82) is 0 Å². The summed E-state index contributed by atoms with van der Waals surface area (Å²) in [4.78, 5) is -0.331. The van der Waals surface area contributed by atoms with Crippen LogP contribution in [0.3, 0.4) is 0 Å². The van der Waals surface area contributed by atoms with Gasteiger partial charge >= 0.3 is 0 Å². The third-order valence-corrected chi connectivity index (χ3v) is 8.10. The summed E-state index contributed by atoms with van der Waals surface area (Å²) in [5.74, 6) is 0. The smallest absolute Gasteiger partial charge is 0.253 e. The fourth-order valence-corrected chi connectivity index (χ4v) is 5.99. The van der Waals surface area contributed by atoms with Crippen LogP contribution in [-0.2, 0) is 26.5 Å². The third kappa shape index (κ3) is 8.83. The van der Waals surface area contributed by atoms with Crippen LogP contribution in [-0.4, -0.2) is 27.0 Å². The van der Waals surface area contributed by atoms with Crippen molar-refractivity contribution in [3.05, 3.63) is 29.3 Å². The minimum Gasteiger partial charge on any atom is -0.253 e. The van der Waals surface area contributed by atoms with Crippen LogP contribution in [0.1, 0.15) is 76.7 Å².